The molecule has 136 valence electrons. The van der Waals surface area contributed by atoms with Crippen LogP contribution in [0.25, 0.3) is 0 Å². The fourth-order valence-electron chi connectivity index (χ4n) is 2.62. The second-order valence-corrected chi connectivity index (χ2v) is 6.42. The molecule has 8 heteroatoms. The maximum Gasteiger partial charge on any atom is 0.135 e. The Bertz CT molecular complexity index is 863. The highest BCUT2D eigenvalue weighted by molar-refractivity contribution is 6.31. The van der Waals surface area contributed by atoms with Gasteiger partial charge in [0.25, 0.3) is 0 Å². The predicted octanol–water partition coefficient (Wildman–Crippen LogP) is 4.39. The van der Waals surface area contributed by atoms with Gasteiger partial charge in [0.2, 0.25) is 0 Å². The Morgan fingerprint density at radius 1 is 1.27 bits per heavy atom. The number of nitrogens with zero attached hydrogens (tertiary/aromatic N) is 3. The number of benzodiazepines with no additional fused rings is 1. The van der Waals surface area contributed by atoms with Crippen LogP contribution in [0.3, 0.4) is 0 Å². The van der Waals surface area contributed by atoms with Crippen LogP contribution >= 0.6 is 23.2 Å². The van der Waals surface area contributed by atoms with Gasteiger partial charge in [0.05, 0.1) is 41.6 Å². The third kappa shape index (κ3) is 3.81. The number of aliphatic imine (C=N–C) groups is 1. The normalized spacial score (nSPS) is 14.6. The first-order valence-corrected chi connectivity index (χ1v) is 8.83. The van der Waals surface area contributed by atoms with Crippen LogP contribution in [0.4, 0.5) is 14.5 Å². The van der Waals surface area contributed by atoms with Crippen LogP contribution in [0, 0.1) is 11.6 Å². The molecule has 2 aromatic carbocycles. The summed E-state index contributed by atoms with van der Waals surface area (Å²) >= 11 is 11.9. The van der Waals surface area contributed by atoms with Crippen molar-refractivity contribution in [3.63, 3.8) is 0 Å². The van der Waals surface area contributed by atoms with E-state index in [-0.39, 0.29) is 17.2 Å². The quantitative estimate of drug-likeness (QED) is 0.472. The van der Waals surface area contributed by atoms with E-state index in [1.165, 1.54) is 18.2 Å². The number of hydrogen-bond donors (Lipinski definition) is 1. The first-order chi connectivity index (χ1) is 12.5. The highest BCUT2D eigenvalue weighted by Gasteiger charge is 2.24. The Morgan fingerprint density at radius 2 is 2.00 bits per heavy atom. The molecule has 0 saturated heterocycles. The van der Waals surface area contributed by atoms with Crippen molar-refractivity contribution in [3.05, 3.63) is 64.2 Å². The molecule has 1 aliphatic rings. The SMILES string of the molecule is CC(CCl)=NNN1CCN=C(c2c(F)cccc2F)c2cc(Cl)ccc21. The Balaban J connectivity index is 2.10. The molecule has 26 heavy (non-hydrogen) atoms. The lowest BCUT2D eigenvalue weighted by atomic mass is 9.99. The summed E-state index contributed by atoms with van der Waals surface area (Å²) in [5, 5.41) is 6.38. The first kappa shape index (κ1) is 18.6. The van der Waals surface area contributed by atoms with E-state index in [2.05, 4.69) is 15.6 Å². The van der Waals surface area contributed by atoms with Crippen LogP contribution < -0.4 is 10.5 Å². The smallest absolute Gasteiger partial charge is 0.135 e. The van der Waals surface area contributed by atoms with Gasteiger partial charge in [0.1, 0.15) is 11.6 Å². The minimum Gasteiger partial charge on any atom is -0.282 e. The van der Waals surface area contributed by atoms with Gasteiger partial charge in [0, 0.05) is 10.6 Å². The number of halogens is 4. The molecule has 0 unspecified atom stereocenters. The molecule has 4 nitrogen and oxygen atoms in total. The van der Waals surface area contributed by atoms with Gasteiger partial charge in [-0.15, -0.1) is 11.6 Å². The van der Waals surface area contributed by atoms with Crippen LogP contribution in [0.5, 0.6) is 0 Å². The number of hydrogen-bond acceptors (Lipinski definition) is 4. The van der Waals surface area contributed by atoms with Gasteiger partial charge in [-0.1, -0.05) is 17.7 Å². The van der Waals surface area contributed by atoms with Gasteiger partial charge in [-0.25, -0.2) is 14.3 Å². The zero-order valence-electron chi connectivity index (χ0n) is 13.9. The topological polar surface area (TPSA) is 40.0 Å². The van der Waals surface area contributed by atoms with Gasteiger partial charge in [-0.05, 0) is 37.3 Å². The summed E-state index contributed by atoms with van der Waals surface area (Å²) in [5.41, 5.74) is 4.86. The van der Waals surface area contributed by atoms with Gasteiger partial charge in [-0.2, -0.15) is 5.10 Å². The second kappa shape index (κ2) is 8.01. The number of benzene rings is 2. The van der Waals surface area contributed by atoms with Crippen molar-refractivity contribution >= 4 is 40.3 Å². The predicted molar refractivity (Wildman–Crippen MR) is 103 cm³/mol. The zero-order chi connectivity index (χ0) is 18.7. The minimum atomic E-state index is -0.674. The molecule has 0 bridgehead atoms. The molecule has 0 saturated carbocycles. The van der Waals surface area contributed by atoms with Gasteiger partial charge >= 0.3 is 0 Å². The van der Waals surface area contributed by atoms with E-state index in [0.29, 0.717) is 35.1 Å². The Morgan fingerprint density at radius 3 is 2.69 bits per heavy atom. The molecular weight excluding hydrogens is 381 g/mol. The fraction of sp³-hybridized carbons (Fsp3) is 0.222. The number of anilines is 1. The number of fused-ring (bicyclic) bond motifs is 1. The van der Waals surface area contributed by atoms with Crippen molar-refractivity contribution in [1.82, 2.24) is 5.53 Å². The molecule has 0 radical (unpaired) electrons. The molecule has 1 heterocycles. The third-order valence-electron chi connectivity index (χ3n) is 3.85. The molecule has 0 fully saturated rings. The van der Waals surface area contributed by atoms with E-state index in [1.807, 2.05) is 0 Å². The van der Waals surface area contributed by atoms with Crippen molar-refractivity contribution in [2.75, 3.05) is 24.0 Å². The van der Waals surface area contributed by atoms with Crippen LogP contribution in [-0.4, -0.2) is 30.4 Å². The van der Waals surface area contributed by atoms with E-state index >= 15 is 0 Å². The Kier molecular flexibility index (Phi) is 5.74. The third-order valence-corrected chi connectivity index (χ3v) is 4.47. The van der Waals surface area contributed by atoms with E-state index in [1.54, 1.807) is 30.1 Å². The van der Waals surface area contributed by atoms with Gasteiger partial charge in [0.15, 0.2) is 0 Å². The summed E-state index contributed by atoms with van der Waals surface area (Å²) in [6.07, 6.45) is 0. The van der Waals surface area contributed by atoms with E-state index < -0.39 is 11.6 Å². The monoisotopic (exact) mass is 396 g/mol. The number of hydrazone groups is 1. The number of rotatable bonds is 4. The van der Waals surface area contributed by atoms with Crippen molar-refractivity contribution in [1.29, 1.82) is 0 Å². The summed E-state index contributed by atoms with van der Waals surface area (Å²) in [6.45, 7) is 2.56. The van der Waals surface area contributed by atoms with Gasteiger partial charge in [-0.3, -0.25) is 10.0 Å². The molecule has 1 N–H and O–H groups in total. The lowest BCUT2D eigenvalue weighted by molar-refractivity contribution is 0.579. The molecule has 2 aromatic rings. The van der Waals surface area contributed by atoms with E-state index in [4.69, 9.17) is 23.2 Å². The molecular formula is C18H16Cl2F2N4. The molecule has 0 aliphatic carbocycles. The maximum atomic E-state index is 14.3. The second-order valence-electron chi connectivity index (χ2n) is 5.72. The summed E-state index contributed by atoms with van der Waals surface area (Å²) in [5.74, 6) is -1.06. The lowest BCUT2D eigenvalue weighted by Gasteiger charge is -2.24. The standard InChI is InChI=1S/C18H16Cl2F2N4/c1-11(10-19)24-25-26-8-7-23-18(13-9-12(20)5-6-16(13)26)17-14(21)3-2-4-15(17)22/h2-6,9,25H,7-8,10H2,1H3. The summed E-state index contributed by atoms with van der Waals surface area (Å²) in [4.78, 5) is 4.42. The Hall–Kier alpha value is -2.18. The van der Waals surface area contributed by atoms with Crippen molar-refractivity contribution < 1.29 is 8.78 Å². The highest BCUT2D eigenvalue weighted by atomic mass is 35.5. The summed E-state index contributed by atoms with van der Waals surface area (Å²) in [6, 6.07) is 8.84. The lowest BCUT2D eigenvalue weighted by Crippen LogP contribution is -2.37. The van der Waals surface area contributed by atoms with Gasteiger partial charge < -0.3 is 0 Å². The fourth-order valence-corrected chi connectivity index (χ4v) is 2.85. The number of alkyl halides is 1. The molecule has 0 aromatic heterocycles. The maximum absolute atomic E-state index is 14.3. The van der Waals surface area contributed by atoms with Crippen LogP contribution in [0.15, 0.2) is 46.5 Å². The van der Waals surface area contributed by atoms with Crippen molar-refractivity contribution in [3.8, 4) is 0 Å². The van der Waals surface area contributed by atoms with E-state index in [9.17, 15) is 8.78 Å². The van der Waals surface area contributed by atoms with Crippen LogP contribution in [0.1, 0.15) is 18.1 Å². The van der Waals surface area contributed by atoms with Crippen LogP contribution in [-0.2, 0) is 0 Å². The molecule has 0 amide bonds. The van der Waals surface area contributed by atoms with E-state index in [0.717, 1.165) is 0 Å². The molecule has 0 spiro atoms. The highest BCUT2D eigenvalue weighted by Crippen LogP contribution is 2.30. The molecule has 3 rings (SSSR count). The van der Waals surface area contributed by atoms with Crippen molar-refractivity contribution in [2.45, 2.75) is 6.92 Å². The minimum absolute atomic E-state index is 0.168. The average molecular weight is 397 g/mol. The van der Waals surface area contributed by atoms with Crippen molar-refractivity contribution in [2.24, 2.45) is 10.1 Å². The summed E-state index contributed by atoms with van der Waals surface area (Å²) < 4.78 is 28.7. The summed E-state index contributed by atoms with van der Waals surface area (Å²) in [7, 11) is 0. The molecule has 1 aliphatic heterocycles. The number of nitrogens with one attached hydrogen (secondary N) is 1. The largest absolute Gasteiger partial charge is 0.282 e. The zero-order valence-corrected chi connectivity index (χ0v) is 15.5. The number of hydrazine groups is 1. The first-order valence-electron chi connectivity index (χ1n) is 7.92. The van der Waals surface area contributed by atoms with Crippen LogP contribution in [0.2, 0.25) is 5.02 Å². The Labute approximate surface area is 160 Å². The molecule has 0 atom stereocenters. The average Bonchev–Trinajstić information content (AvgIpc) is 2.79.